The van der Waals surface area contributed by atoms with Gasteiger partial charge in [0, 0.05) is 43.2 Å². The number of pyridine rings is 2. The molecule has 1 aliphatic heterocycles. The Hall–Kier alpha value is -3.99. The molecule has 0 bridgehead atoms. The summed E-state index contributed by atoms with van der Waals surface area (Å²) in [7, 11) is -3.42. The van der Waals surface area contributed by atoms with Crippen LogP contribution in [0.2, 0.25) is 0 Å². The van der Waals surface area contributed by atoms with Gasteiger partial charge in [-0.05, 0) is 55.8 Å². The van der Waals surface area contributed by atoms with Crippen LogP contribution >= 0.6 is 0 Å². The summed E-state index contributed by atoms with van der Waals surface area (Å²) in [6.07, 6.45) is 5.20. The average molecular weight is 511 g/mol. The van der Waals surface area contributed by atoms with Crippen LogP contribution in [-0.2, 0) is 25.9 Å². The van der Waals surface area contributed by atoms with Crippen LogP contribution in [0.1, 0.15) is 35.7 Å². The highest BCUT2D eigenvalue weighted by molar-refractivity contribution is 7.90. The summed E-state index contributed by atoms with van der Waals surface area (Å²) in [5, 5.41) is 3.15. The number of hydrogen-bond acceptors (Lipinski definition) is 9. The molecule has 1 saturated heterocycles. The highest BCUT2D eigenvalue weighted by Crippen LogP contribution is 2.31. The van der Waals surface area contributed by atoms with E-state index >= 15 is 0 Å². The first-order chi connectivity index (χ1) is 17.2. The van der Waals surface area contributed by atoms with Crippen molar-refractivity contribution in [2.75, 3.05) is 24.7 Å². The predicted octanol–water partition coefficient (Wildman–Crippen LogP) is 3.72. The monoisotopic (exact) mass is 510 g/mol. The van der Waals surface area contributed by atoms with E-state index in [1.165, 1.54) is 24.5 Å². The summed E-state index contributed by atoms with van der Waals surface area (Å²) in [6, 6.07) is 11.6. The molecule has 1 amide bonds. The van der Waals surface area contributed by atoms with Gasteiger partial charge >= 0.3 is 5.97 Å². The van der Waals surface area contributed by atoms with E-state index in [2.05, 4.69) is 15.3 Å². The van der Waals surface area contributed by atoms with E-state index in [0.717, 1.165) is 18.2 Å². The number of rotatable bonds is 9. The molecule has 11 heteroatoms. The molecular weight excluding hydrogens is 484 g/mol. The molecule has 1 fully saturated rings. The van der Waals surface area contributed by atoms with Gasteiger partial charge in [-0.25, -0.2) is 23.2 Å². The minimum Gasteiger partial charge on any atom is -0.462 e. The molecule has 4 rings (SSSR count). The third-order valence-corrected chi connectivity index (χ3v) is 6.46. The number of amides is 1. The number of sulfone groups is 1. The first-order valence-corrected chi connectivity index (χ1v) is 13.3. The van der Waals surface area contributed by atoms with E-state index < -0.39 is 15.8 Å². The normalized spacial score (nSPS) is 13.5. The molecule has 3 heterocycles. The standard InChI is InChI=1S/C25H26N4O6S/c1-3-34-25(31)17-6-10-22(26-14-17)28-19-7-9-21(18(13-19)16-29-12-4-5-24(29)30)35-20-8-11-23(27-15-20)36(2,32)33/h6-11,13-15H,3-5,12,16H2,1-2H3,(H,26,28). The number of anilines is 2. The van der Waals surface area contributed by atoms with Gasteiger partial charge in [-0.3, -0.25) is 4.79 Å². The van der Waals surface area contributed by atoms with E-state index in [1.807, 2.05) is 6.07 Å². The first kappa shape index (κ1) is 25.1. The fraction of sp³-hybridized carbons (Fsp3) is 0.280. The van der Waals surface area contributed by atoms with Gasteiger partial charge in [-0.2, -0.15) is 0 Å². The maximum Gasteiger partial charge on any atom is 0.339 e. The second-order valence-corrected chi connectivity index (χ2v) is 10.2. The molecule has 2 aromatic heterocycles. The lowest BCUT2D eigenvalue weighted by Crippen LogP contribution is -2.24. The van der Waals surface area contributed by atoms with Crippen molar-refractivity contribution in [2.24, 2.45) is 0 Å². The van der Waals surface area contributed by atoms with Gasteiger partial charge in [-0.1, -0.05) is 0 Å². The van der Waals surface area contributed by atoms with Crippen LogP contribution in [0.4, 0.5) is 11.5 Å². The molecule has 10 nitrogen and oxygen atoms in total. The van der Waals surface area contributed by atoms with Crippen LogP contribution in [0.25, 0.3) is 0 Å². The minimum absolute atomic E-state index is 0.0428. The summed E-state index contributed by atoms with van der Waals surface area (Å²) in [4.78, 5) is 34.1. The Morgan fingerprint density at radius 1 is 1.11 bits per heavy atom. The highest BCUT2D eigenvalue weighted by Gasteiger charge is 2.22. The molecule has 0 saturated carbocycles. The van der Waals surface area contributed by atoms with Gasteiger partial charge in [0.1, 0.15) is 17.3 Å². The molecule has 1 aliphatic rings. The maximum absolute atomic E-state index is 12.2. The molecule has 0 unspecified atom stereocenters. The van der Waals surface area contributed by atoms with Crippen molar-refractivity contribution in [1.82, 2.24) is 14.9 Å². The van der Waals surface area contributed by atoms with Crippen molar-refractivity contribution in [2.45, 2.75) is 31.3 Å². The largest absolute Gasteiger partial charge is 0.462 e. The Labute approximate surface area is 209 Å². The lowest BCUT2D eigenvalue weighted by Gasteiger charge is -2.19. The zero-order chi connectivity index (χ0) is 25.7. The van der Waals surface area contributed by atoms with Gasteiger partial charge in [0.05, 0.1) is 18.4 Å². The molecule has 0 atom stereocenters. The van der Waals surface area contributed by atoms with Crippen molar-refractivity contribution in [1.29, 1.82) is 0 Å². The third kappa shape index (κ3) is 6.16. The molecular formula is C25H26N4O6S. The van der Waals surface area contributed by atoms with Gasteiger partial charge < -0.3 is 19.7 Å². The van der Waals surface area contributed by atoms with Crippen molar-refractivity contribution < 1.29 is 27.5 Å². The lowest BCUT2D eigenvalue weighted by molar-refractivity contribution is -0.128. The predicted molar refractivity (Wildman–Crippen MR) is 132 cm³/mol. The van der Waals surface area contributed by atoms with E-state index in [4.69, 9.17) is 9.47 Å². The van der Waals surface area contributed by atoms with Crippen LogP contribution in [0.5, 0.6) is 11.5 Å². The number of hydrogen-bond donors (Lipinski definition) is 1. The third-order valence-electron chi connectivity index (χ3n) is 5.46. The number of esters is 1. The Morgan fingerprint density at radius 3 is 2.56 bits per heavy atom. The summed E-state index contributed by atoms with van der Waals surface area (Å²) in [6.45, 7) is 3.04. The van der Waals surface area contributed by atoms with E-state index in [-0.39, 0.29) is 17.5 Å². The van der Waals surface area contributed by atoms with Gasteiger partial charge in [0.2, 0.25) is 5.91 Å². The number of aromatic nitrogens is 2. The van der Waals surface area contributed by atoms with Crippen molar-refractivity contribution in [3.05, 3.63) is 66.0 Å². The van der Waals surface area contributed by atoms with Crippen LogP contribution < -0.4 is 10.1 Å². The summed E-state index contributed by atoms with van der Waals surface area (Å²) >= 11 is 0. The zero-order valence-electron chi connectivity index (χ0n) is 19.9. The van der Waals surface area contributed by atoms with Crippen molar-refractivity contribution >= 4 is 33.2 Å². The Balaban J connectivity index is 1.56. The minimum atomic E-state index is -3.42. The number of nitrogens with one attached hydrogen (secondary N) is 1. The second kappa shape index (κ2) is 10.7. The fourth-order valence-electron chi connectivity index (χ4n) is 3.68. The summed E-state index contributed by atoms with van der Waals surface area (Å²) < 4.78 is 34.3. The fourth-order valence-corrected chi connectivity index (χ4v) is 4.24. The number of ether oxygens (including phenoxy) is 2. The van der Waals surface area contributed by atoms with E-state index in [0.29, 0.717) is 48.1 Å². The van der Waals surface area contributed by atoms with Crippen LogP contribution in [0.3, 0.4) is 0 Å². The topological polar surface area (TPSA) is 128 Å². The molecule has 0 aliphatic carbocycles. The summed E-state index contributed by atoms with van der Waals surface area (Å²) in [5.74, 6) is 1.05. The van der Waals surface area contributed by atoms with Crippen LogP contribution in [0, 0.1) is 0 Å². The lowest BCUT2D eigenvalue weighted by atomic mass is 10.1. The van der Waals surface area contributed by atoms with Crippen LogP contribution in [-0.4, -0.2) is 54.6 Å². The molecule has 0 spiro atoms. The number of benzene rings is 1. The second-order valence-electron chi connectivity index (χ2n) is 8.23. The number of likely N-dealkylation sites (tertiary alicyclic amines) is 1. The number of nitrogens with zero attached hydrogens (tertiary/aromatic N) is 3. The molecule has 1 aromatic carbocycles. The first-order valence-electron chi connectivity index (χ1n) is 11.4. The number of carbonyl (C=O) groups excluding carboxylic acids is 2. The quantitative estimate of drug-likeness (QED) is 0.428. The van der Waals surface area contributed by atoms with Crippen LogP contribution in [0.15, 0.2) is 59.9 Å². The van der Waals surface area contributed by atoms with Crippen molar-refractivity contribution in [3.63, 3.8) is 0 Å². The zero-order valence-corrected chi connectivity index (χ0v) is 20.7. The molecule has 188 valence electrons. The highest BCUT2D eigenvalue weighted by atomic mass is 32.2. The number of carbonyl (C=O) groups is 2. The Kier molecular flexibility index (Phi) is 7.49. The Bertz CT molecular complexity index is 1360. The van der Waals surface area contributed by atoms with Gasteiger partial charge in [0.15, 0.2) is 14.9 Å². The van der Waals surface area contributed by atoms with Gasteiger partial charge in [-0.15, -0.1) is 0 Å². The Morgan fingerprint density at radius 2 is 1.94 bits per heavy atom. The molecule has 0 radical (unpaired) electrons. The van der Waals surface area contributed by atoms with Crippen molar-refractivity contribution in [3.8, 4) is 11.5 Å². The van der Waals surface area contributed by atoms with E-state index in [9.17, 15) is 18.0 Å². The maximum atomic E-state index is 12.2. The SMILES string of the molecule is CCOC(=O)c1ccc(Nc2ccc(Oc3ccc(S(C)(=O)=O)nc3)c(CN3CCCC3=O)c2)nc1. The molecule has 3 aromatic rings. The summed E-state index contributed by atoms with van der Waals surface area (Å²) in [5.41, 5.74) is 1.83. The average Bonchev–Trinajstić information content (AvgIpc) is 3.25. The van der Waals surface area contributed by atoms with E-state index in [1.54, 1.807) is 36.1 Å². The smallest absolute Gasteiger partial charge is 0.339 e. The molecule has 36 heavy (non-hydrogen) atoms. The van der Waals surface area contributed by atoms with Gasteiger partial charge in [0.25, 0.3) is 0 Å². The molecule has 1 N–H and O–H groups in total.